The van der Waals surface area contributed by atoms with E-state index in [2.05, 4.69) is 75.1 Å². The number of rotatable bonds is 12. The van der Waals surface area contributed by atoms with Gasteiger partial charge in [0.05, 0.1) is 0 Å². The van der Waals surface area contributed by atoms with E-state index >= 15 is 0 Å². The molecule has 0 fully saturated rings. The predicted molar refractivity (Wildman–Crippen MR) is 117 cm³/mol. The number of unbranched alkanes of at least 4 members (excludes halogenated alkanes) is 3. The molecule has 1 unspecified atom stereocenters. The van der Waals surface area contributed by atoms with E-state index in [9.17, 15) is 0 Å². The molecule has 1 aromatic carbocycles. The second-order valence-electron chi connectivity index (χ2n) is 7.88. The van der Waals surface area contributed by atoms with Gasteiger partial charge in [0.2, 0.25) is 0 Å². The summed E-state index contributed by atoms with van der Waals surface area (Å²) in [4.78, 5) is 5.05. The minimum absolute atomic E-state index is 0.366. The van der Waals surface area contributed by atoms with Gasteiger partial charge in [-0.15, -0.1) is 0 Å². The van der Waals surface area contributed by atoms with Gasteiger partial charge in [0, 0.05) is 0 Å². The molecule has 26 heavy (non-hydrogen) atoms. The van der Waals surface area contributed by atoms with Gasteiger partial charge in [-0.3, -0.25) is 0 Å². The van der Waals surface area contributed by atoms with Gasteiger partial charge in [0.25, 0.3) is 0 Å². The average molecular weight is 461 g/mol. The molecule has 2 rings (SSSR count). The molecule has 0 amide bonds. The Bertz CT molecular complexity index is 598. The van der Waals surface area contributed by atoms with Crippen molar-refractivity contribution in [3.8, 4) is 0 Å². The van der Waals surface area contributed by atoms with Crippen LogP contribution in [0.4, 0.5) is 0 Å². The first kappa shape index (κ1) is 21.5. The van der Waals surface area contributed by atoms with Crippen LogP contribution in [0.3, 0.4) is 0 Å². The second-order valence-corrected chi connectivity index (χ2v) is 20.9. The molecule has 0 aliphatic heterocycles. The monoisotopic (exact) mass is 462 g/mol. The minimum atomic E-state index is -2.39. The summed E-state index contributed by atoms with van der Waals surface area (Å²) >= 11 is -2.39. The van der Waals surface area contributed by atoms with Crippen LogP contribution in [0.5, 0.6) is 0 Å². The Morgan fingerprint density at radius 2 is 1.42 bits per heavy atom. The zero-order valence-electron chi connectivity index (χ0n) is 17.4. The van der Waals surface area contributed by atoms with E-state index < -0.39 is 18.4 Å². The Morgan fingerprint density at radius 1 is 0.885 bits per heavy atom. The summed E-state index contributed by atoms with van der Waals surface area (Å²) in [6, 6.07) is 11.2. The third-order valence-electron chi connectivity index (χ3n) is 5.90. The zero-order valence-corrected chi connectivity index (χ0v) is 20.2. The number of nitrogens with zero attached hydrogens (tertiary/aromatic N) is 2. The molecule has 1 heterocycles. The third-order valence-corrected chi connectivity index (χ3v) is 21.0. The molecule has 0 saturated heterocycles. The fraction of sp³-hybridized carbons (Fsp3) is 0.609. The maximum atomic E-state index is 5.05. The molecular formula is C23H38N2Sn. The van der Waals surface area contributed by atoms with Crippen molar-refractivity contribution in [2.45, 2.75) is 85.6 Å². The molecule has 3 heteroatoms. The molecule has 0 N–H and O–H groups in total. The van der Waals surface area contributed by atoms with Gasteiger partial charge in [0.15, 0.2) is 0 Å². The van der Waals surface area contributed by atoms with Crippen LogP contribution in [0.2, 0.25) is 13.3 Å². The molecule has 0 saturated carbocycles. The molecule has 0 aliphatic rings. The zero-order chi connectivity index (χ0) is 18.8. The molecule has 1 aromatic heterocycles. The molecule has 0 radical (unpaired) electrons. The van der Waals surface area contributed by atoms with Gasteiger partial charge < -0.3 is 0 Å². The van der Waals surface area contributed by atoms with Gasteiger partial charge in [0.1, 0.15) is 0 Å². The van der Waals surface area contributed by atoms with Crippen molar-refractivity contribution in [1.29, 1.82) is 0 Å². The molecule has 1 atom stereocenters. The van der Waals surface area contributed by atoms with E-state index in [1.807, 2.05) is 0 Å². The Kier molecular flexibility index (Phi) is 9.24. The number of benzene rings is 1. The van der Waals surface area contributed by atoms with Crippen molar-refractivity contribution in [1.82, 2.24) is 9.55 Å². The Hall–Kier alpha value is -0.771. The van der Waals surface area contributed by atoms with Crippen molar-refractivity contribution < 1.29 is 0 Å². The number of aromatic nitrogens is 2. The van der Waals surface area contributed by atoms with Gasteiger partial charge in [-0.2, -0.15) is 0 Å². The van der Waals surface area contributed by atoms with Crippen LogP contribution in [0.1, 0.15) is 77.8 Å². The number of hydrogen-bond acceptors (Lipinski definition) is 1. The molecule has 0 aliphatic carbocycles. The summed E-state index contributed by atoms with van der Waals surface area (Å²) in [5.74, 6) is 0. The van der Waals surface area contributed by atoms with Crippen molar-refractivity contribution in [3.05, 3.63) is 48.4 Å². The van der Waals surface area contributed by atoms with Gasteiger partial charge >= 0.3 is 166 Å². The van der Waals surface area contributed by atoms with E-state index in [0.717, 1.165) is 0 Å². The van der Waals surface area contributed by atoms with E-state index in [4.69, 9.17) is 4.98 Å². The molecule has 2 nitrogen and oxygen atoms in total. The van der Waals surface area contributed by atoms with Gasteiger partial charge in [-0.25, -0.2) is 0 Å². The van der Waals surface area contributed by atoms with Crippen LogP contribution >= 0.6 is 0 Å². The molecular weight excluding hydrogens is 423 g/mol. The fourth-order valence-corrected chi connectivity index (χ4v) is 19.3. The summed E-state index contributed by atoms with van der Waals surface area (Å²) in [7, 11) is 0. The van der Waals surface area contributed by atoms with Crippen LogP contribution in [0.15, 0.2) is 42.9 Å². The summed E-state index contributed by atoms with van der Waals surface area (Å²) in [6.45, 7) is 9.31. The summed E-state index contributed by atoms with van der Waals surface area (Å²) in [5.41, 5.74) is 1.37. The normalized spacial score (nSPS) is 13.1. The summed E-state index contributed by atoms with van der Waals surface area (Å²) in [5, 5.41) is 0. The average Bonchev–Trinajstić information content (AvgIpc) is 3.18. The first-order chi connectivity index (χ1) is 12.7. The van der Waals surface area contributed by atoms with E-state index in [-0.39, 0.29) is 0 Å². The Balaban J connectivity index is 2.30. The van der Waals surface area contributed by atoms with Crippen LogP contribution in [-0.2, 0) is 0 Å². The van der Waals surface area contributed by atoms with Crippen molar-refractivity contribution in [2.75, 3.05) is 0 Å². The van der Waals surface area contributed by atoms with Crippen LogP contribution < -0.4 is 3.71 Å². The second kappa shape index (κ2) is 11.2. The Morgan fingerprint density at radius 3 is 1.92 bits per heavy atom. The molecule has 2 aromatic rings. The van der Waals surface area contributed by atoms with E-state index in [0.29, 0.717) is 6.04 Å². The summed E-state index contributed by atoms with van der Waals surface area (Å²) < 4.78 is 8.36. The number of hydrogen-bond donors (Lipinski definition) is 0. The topological polar surface area (TPSA) is 17.8 Å². The maximum absolute atomic E-state index is 5.05. The van der Waals surface area contributed by atoms with Crippen molar-refractivity contribution >= 4 is 22.1 Å². The molecule has 0 spiro atoms. The van der Waals surface area contributed by atoms with Crippen molar-refractivity contribution in [3.63, 3.8) is 0 Å². The number of imidazole rings is 1. The van der Waals surface area contributed by atoms with E-state index in [1.54, 1.807) is 0 Å². The Labute approximate surface area is 165 Å². The SMILES string of the molecule is CCC[CH2][Sn]([CH2]CCC)([CH2]CCC)[c]1cn(C(C)c2ccccc2)cn1. The van der Waals surface area contributed by atoms with Gasteiger partial charge in [-0.05, 0) is 0 Å². The standard InChI is InChI=1S/C11H11N2.3C4H9.Sn/c1-10(13-8-7-12-9-13)11-5-3-2-4-6-11;3*1-3-4-2;/h2-6,8-10H,1H3;3*1,3-4H2,2H3;. The van der Waals surface area contributed by atoms with Crippen LogP contribution in [-0.4, -0.2) is 27.9 Å². The quantitative estimate of drug-likeness (QED) is 0.328. The third kappa shape index (κ3) is 5.61. The molecule has 0 bridgehead atoms. The van der Waals surface area contributed by atoms with E-state index in [1.165, 1.54) is 61.1 Å². The predicted octanol–water partition coefficient (Wildman–Crippen LogP) is 6.55. The van der Waals surface area contributed by atoms with Gasteiger partial charge in [-0.1, -0.05) is 0 Å². The first-order valence-electron chi connectivity index (χ1n) is 10.8. The van der Waals surface area contributed by atoms with Crippen LogP contribution in [0, 0.1) is 0 Å². The fourth-order valence-electron chi connectivity index (χ4n) is 4.03. The van der Waals surface area contributed by atoms with Crippen molar-refractivity contribution in [2.24, 2.45) is 0 Å². The summed E-state index contributed by atoms with van der Waals surface area (Å²) in [6.07, 6.45) is 12.7. The first-order valence-corrected chi connectivity index (χ1v) is 18.2. The van der Waals surface area contributed by atoms with Crippen LogP contribution in [0.25, 0.3) is 0 Å². The molecule has 144 valence electrons.